The van der Waals surface area contributed by atoms with Crippen LogP contribution in [0.2, 0.25) is 0 Å². The molecule has 0 saturated carbocycles. The van der Waals surface area contributed by atoms with Gasteiger partial charge in [0.2, 0.25) is 0 Å². The molecule has 4 nitrogen and oxygen atoms in total. The van der Waals surface area contributed by atoms with Crippen molar-refractivity contribution in [2.75, 3.05) is 26.2 Å². The first kappa shape index (κ1) is 15.1. The fourth-order valence-electron chi connectivity index (χ4n) is 2.35. The number of thiophene rings is 1. The second-order valence-electron chi connectivity index (χ2n) is 5.34. The van der Waals surface area contributed by atoms with Crippen molar-refractivity contribution in [3.05, 3.63) is 41.3 Å². The Bertz CT molecular complexity index is 635. The zero-order valence-electron chi connectivity index (χ0n) is 12.6. The van der Waals surface area contributed by atoms with Crippen LogP contribution in [0, 0.1) is 5.92 Å². The first-order valence-corrected chi connectivity index (χ1v) is 8.40. The second kappa shape index (κ2) is 6.94. The van der Waals surface area contributed by atoms with Crippen LogP contribution in [0.5, 0.6) is 5.75 Å². The van der Waals surface area contributed by atoms with Gasteiger partial charge < -0.3 is 15.4 Å². The molecule has 0 bridgehead atoms. The van der Waals surface area contributed by atoms with E-state index in [0.717, 1.165) is 30.1 Å². The van der Waals surface area contributed by atoms with E-state index < -0.39 is 0 Å². The number of benzene rings is 1. The lowest BCUT2D eigenvalue weighted by Crippen LogP contribution is -2.48. The standard InChI is InChI=1S/C17H20N2O2S/c1-2-21-14-8-15(13-6-4-3-5-7-13)22-16(14)17(20)19-11-12-9-18-10-12/h3-8,12,18H,2,9-11H2,1H3,(H,19,20). The van der Waals surface area contributed by atoms with Crippen LogP contribution in [0.1, 0.15) is 16.6 Å². The van der Waals surface area contributed by atoms with Crippen LogP contribution >= 0.6 is 11.3 Å². The Hall–Kier alpha value is -1.85. The third kappa shape index (κ3) is 3.31. The SMILES string of the molecule is CCOc1cc(-c2ccccc2)sc1C(=O)NCC1CNC1. The van der Waals surface area contributed by atoms with Crippen LogP contribution in [0.15, 0.2) is 36.4 Å². The van der Waals surface area contributed by atoms with Crippen molar-refractivity contribution < 1.29 is 9.53 Å². The molecule has 1 aromatic carbocycles. The summed E-state index contributed by atoms with van der Waals surface area (Å²) in [5, 5.41) is 6.22. The topological polar surface area (TPSA) is 50.4 Å². The Labute approximate surface area is 134 Å². The van der Waals surface area contributed by atoms with Gasteiger partial charge in [0.05, 0.1) is 6.61 Å². The van der Waals surface area contributed by atoms with E-state index in [9.17, 15) is 4.79 Å². The lowest BCUT2D eigenvalue weighted by atomic mass is 10.0. The van der Waals surface area contributed by atoms with Crippen LogP contribution in [-0.2, 0) is 0 Å². The zero-order valence-corrected chi connectivity index (χ0v) is 13.4. The summed E-state index contributed by atoms with van der Waals surface area (Å²) in [4.78, 5) is 14.1. The molecule has 2 aromatic rings. The van der Waals surface area contributed by atoms with Gasteiger partial charge in [0.1, 0.15) is 10.6 Å². The summed E-state index contributed by atoms with van der Waals surface area (Å²) in [6.07, 6.45) is 0. The van der Waals surface area contributed by atoms with E-state index in [1.165, 1.54) is 11.3 Å². The van der Waals surface area contributed by atoms with Gasteiger partial charge in [0.25, 0.3) is 5.91 Å². The van der Waals surface area contributed by atoms with Crippen molar-refractivity contribution in [1.82, 2.24) is 10.6 Å². The largest absolute Gasteiger partial charge is 0.492 e. The third-order valence-electron chi connectivity index (χ3n) is 3.68. The molecule has 0 unspecified atom stereocenters. The molecule has 0 radical (unpaired) electrons. The van der Waals surface area contributed by atoms with Gasteiger partial charge in [-0.3, -0.25) is 4.79 Å². The van der Waals surface area contributed by atoms with Gasteiger partial charge in [-0.25, -0.2) is 0 Å². The summed E-state index contributed by atoms with van der Waals surface area (Å²) in [6, 6.07) is 12.0. The highest BCUT2D eigenvalue weighted by molar-refractivity contribution is 7.17. The lowest BCUT2D eigenvalue weighted by molar-refractivity contribution is 0.0943. The lowest BCUT2D eigenvalue weighted by Gasteiger charge is -2.26. The average molecular weight is 316 g/mol. The molecule has 0 spiro atoms. The fourth-order valence-corrected chi connectivity index (χ4v) is 3.37. The highest BCUT2D eigenvalue weighted by Gasteiger charge is 2.21. The van der Waals surface area contributed by atoms with Crippen molar-refractivity contribution in [3.8, 4) is 16.2 Å². The Balaban J connectivity index is 1.78. The molecule has 2 N–H and O–H groups in total. The molecule has 1 fully saturated rings. The number of rotatable bonds is 6. The maximum atomic E-state index is 12.4. The predicted molar refractivity (Wildman–Crippen MR) is 89.6 cm³/mol. The fraction of sp³-hybridized carbons (Fsp3) is 0.353. The second-order valence-corrected chi connectivity index (χ2v) is 6.39. The van der Waals surface area contributed by atoms with E-state index in [2.05, 4.69) is 10.6 Å². The van der Waals surface area contributed by atoms with Crippen LogP contribution in [0.3, 0.4) is 0 Å². The monoisotopic (exact) mass is 316 g/mol. The van der Waals surface area contributed by atoms with Gasteiger partial charge in [-0.1, -0.05) is 30.3 Å². The van der Waals surface area contributed by atoms with Gasteiger partial charge in [0.15, 0.2) is 0 Å². The Morgan fingerprint density at radius 3 is 2.77 bits per heavy atom. The third-order valence-corrected chi connectivity index (χ3v) is 4.84. The van der Waals surface area contributed by atoms with Crippen molar-refractivity contribution in [2.45, 2.75) is 6.92 Å². The number of carbonyl (C=O) groups excluding carboxylic acids is 1. The first-order valence-electron chi connectivity index (χ1n) is 7.59. The molecule has 1 aliphatic heterocycles. The summed E-state index contributed by atoms with van der Waals surface area (Å²) in [7, 11) is 0. The molecule has 1 aliphatic rings. The summed E-state index contributed by atoms with van der Waals surface area (Å²) >= 11 is 1.49. The van der Waals surface area contributed by atoms with Crippen molar-refractivity contribution in [1.29, 1.82) is 0 Å². The quantitative estimate of drug-likeness (QED) is 0.861. The molecule has 22 heavy (non-hydrogen) atoms. The minimum absolute atomic E-state index is 0.0393. The number of amides is 1. The highest BCUT2D eigenvalue weighted by Crippen LogP contribution is 2.36. The maximum absolute atomic E-state index is 12.4. The molecule has 1 aromatic heterocycles. The minimum atomic E-state index is -0.0393. The highest BCUT2D eigenvalue weighted by atomic mass is 32.1. The molecule has 5 heteroatoms. The van der Waals surface area contributed by atoms with Crippen LogP contribution < -0.4 is 15.4 Å². The molecule has 1 amide bonds. The van der Waals surface area contributed by atoms with E-state index in [0.29, 0.717) is 23.2 Å². The van der Waals surface area contributed by atoms with Crippen molar-refractivity contribution in [2.24, 2.45) is 5.92 Å². The van der Waals surface area contributed by atoms with Gasteiger partial charge in [0, 0.05) is 30.4 Å². The molecule has 2 heterocycles. The van der Waals surface area contributed by atoms with Gasteiger partial charge >= 0.3 is 0 Å². The van der Waals surface area contributed by atoms with E-state index >= 15 is 0 Å². The van der Waals surface area contributed by atoms with Gasteiger partial charge in [-0.2, -0.15) is 0 Å². The van der Waals surface area contributed by atoms with Crippen LogP contribution in [0.25, 0.3) is 10.4 Å². The Morgan fingerprint density at radius 1 is 1.36 bits per heavy atom. The Kier molecular flexibility index (Phi) is 4.75. The van der Waals surface area contributed by atoms with Crippen LogP contribution in [0.4, 0.5) is 0 Å². The molecule has 1 saturated heterocycles. The number of hydrogen-bond donors (Lipinski definition) is 2. The summed E-state index contributed by atoms with van der Waals surface area (Å²) < 4.78 is 5.64. The smallest absolute Gasteiger partial charge is 0.265 e. The summed E-state index contributed by atoms with van der Waals surface area (Å²) in [5.41, 5.74) is 1.11. The van der Waals surface area contributed by atoms with Crippen molar-refractivity contribution >= 4 is 17.2 Å². The van der Waals surface area contributed by atoms with Crippen molar-refractivity contribution in [3.63, 3.8) is 0 Å². The predicted octanol–water partition coefficient (Wildman–Crippen LogP) is 2.76. The van der Waals surface area contributed by atoms with E-state index in [1.54, 1.807) is 0 Å². The number of hydrogen-bond acceptors (Lipinski definition) is 4. The first-order chi connectivity index (χ1) is 10.8. The molecule has 0 atom stereocenters. The minimum Gasteiger partial charge on any atom is -0.492 e. The van der Waals surface area contributed by atoms with Gasteiger partial charge in [-0.15, -0.1) is 11.3 Å². The van der Waals surface area contributed by atoms with E-state index in [-0.39, 0.29) is 5.91 Å². The average Bonchev–Trinajstić information content (AvgIpc) is 2.91. The number of nitrogens with one attached hydrogen (secondary N) is 2. The molecule has 3 rings (SSSR count). The summed E-state index contributed by atoms with van der Waals surface area (Å²) in [6.45, 7) is 5.17. The van der Waals surface area contributed by atoms with E-state index in [4.69, 9.17) is 4.74 Å². The van der Waals surface area contributed by atoms with Crippen LogP contribution in [-0.4, -0.2) is 32.1 Å². The molecular weight excluding hydrogens is 296 g/mol. The molecule has 0 aliphatic carbocycles. The molecule has 116 valence electrons. The zero-order chi connectivity index (χ0) is 15.4. The maximum Gasteiger partial charge on any atom is 0.265 e. The number of ether oxygens (including phenoxy) is 1. The van der Waals surface area contributed by atoms with Gasteiger partial charge in [-0.05, 0) is 18.6 Å². The summed E-state index contributed by atoms with van der Waals surface area (Å²) in [5.74, 6) is 1.19. The normalized spacial score (nSPS) is 14.4. The van der Waals surface area contributed by atoms with E-state index in [1.807, 2.05) is 43.3 Å². The Morgan fingerprint density at radius 2 is 2.14 bits per heavy atom. The number of carbonyl (C=O) groups is 1. The molecular formula is C17H20N2O2S.